The highest BCUT2D eigenvalue weighted by molar-refractivity contribution is 7.89. The van der Waals surface area contributed by atoms with Gasteiger partial charge in [-0.2, -0.15) is 0 Å². The smallest absolute Gasteiger partial charge is 0.251 e. The predicted molar refractivity (Wildman–Crippen MR) is 94.4 cm³/mol. The Labute approximate surface area is 143 Å². The number of carbonyl (C=O) groups excluding carboxylic acids is 1. The number of hydrogen-bond donors (Lipinski definition) is 2. The number of benzene rings is 2. The summed E-state index contributed by atoms with van der Waals surface area (Å²) in [5, 5.41) is 2.92. The molecule has 0 fully saturated rings. The van der Waals surface area contributed by atoms with Crippen LogP contribution in [0.2, 0.25) is 0 Å². The van der Waals surface area contributed by atoms with Gasteiger partial charge in [0, 0.05) is 5.56 Å². The second-order valence-corrected chi connectivity index (χ2v) is 7.41. The minimum atomic E-state index is -3.50. The van der Waals surface area contributed by atoms with Crippen molar-refractivity contribution >= 4 is 15.9 Å². The summed E-state index contributed by atoms with van der Waals surface area (Å²) in [6.07, 6.45) is 0.975. The minimum absolute atomic E-state index is 0.129. The fourth-order valence-electron chi connectivity index (χ4n) is 2.31. The van der Waals surface area contributed by atoms with Crippen molar-refractivity contribution in [1.29, 1.82) is 0 Å². The molecule has 0 aliphatic carbocycles. The van der Waals surface area contributed by atoms with Gasteiger partial charge in [0.25, 0.3) is 5.91 Å². The van der Waals surface area contributed by atoms with E-state index >= 15 is 0 Å². The molecule has 0 spiro atoms. The van der Waals surface area contributed by atoms with E-state index in [0.717, 1.165) is 12.0 Å². The number of carbonyl (C=O) groups is 1. The molecule has 0 aliphatic heterocycles. The van der Waals surface area contributed by atoms with Crippen molar-refractivity contribution in [3.05, 3.63) is 65.2 Å². The first-order valence-electron chi connectivity index (χ1n) is 7.80. The van der Waals surface area contributed by atoms with Crippen LogP contribution in [0.1, 0.15) is 41.4 Å². The van der Waals surface area contributed by atoms with Gasteiger partial charge in [-0.1, -0.05) is 31.2 Å². The van der Waals surface area contributed by atoms with E-state index in [2.05, 4.69) is 29.1 Å². The Balaban J connectivity index is 2.08. The Bertz CT molecular complexity index is 797. The number of rotatable bonds is 6. The average Bonchev–Trinajstić information content (AvgIpc) is 2.61. The first kappa shape index (κ1) is 18.2. The van der Waals surface area contributed by atoms with E-state index in [4.69, 9.17) is 0 Å². The summed E-state index contributed by atoms with van der Waals surface area (Å²) >= 11 is 0. The summed E-state index contributed by atoms with van der Waals surface area (Å²) in [7, 11) is -2.15. The molecule has 0 unspecified atom stereocenters. The summed E-state index contributed by atoms with van der Waals surface area (Å²) in [5.41, 5.74) is 2.69. The zero-order valence-corrected chi connectivity index (χ0v) is 14.9. The first-order chi connectivity index (χ1) is 11.4. The summed E-state index contributed by atoms with van der Waals surface area (Å²) < 4.78 is 25.6. The number of amides is 1. The lowest BCUT2D eigenvalue weighted by molar-refractivity contribution is 0.0940. The molecule has 2 rings (SSSR count). The van der Waals surface area contributed by atoms with Crippen LogP contribution in [-0.4, -0.2) is 21.4 Å². The monoisotopic (exact) mass is 346 g/mol. The second kappa shape index (κ2) is 7.59. The van der Waals surface area contributed by atoms with Gasteiger partial charge in [-0.25, -0.2) is 13.1 Å². The van der Waals surface area contributed by atoms with Crippen molar-refractivity contribution in [2.75, 3.05) is 7.05 Å². The fraction of sp³-hybridized carbons (Fsp3) is 0.278. The molecular weight excluding hydrogens is 324 g/mol. The van der Waals surface area contributed by atoms with Crippen molar-refractivity contribution in [1.82, 2.24) is 10.0 Å². The van der Waals surface area contributed by atoms with Crippen LogP contribution in [0.5, 0.6) is 0 Å². The van der Waals surface area contributed by atoms with Crippen molar-refractivity contribution in [2.24, 2.45) is 0 Å². The molecule has 128 valence electrons. The van der Waals surface area contributed by atoms with Crippen molar-refractivity contribution in [3.63, 3.8) is 0 Å². The van der Waals surface area contributed by atoms with Crippen LogP contribution < -0.4 is 10.0 Å². The Morgan fingerprint density at radius 3 is 2.12 bits per heavy atom. The van der Waals surface area contributed by atoms with Crippen LogP contribution in [-0.2, 0) is 16.4 Å². The lowest BCUT2D eigenvalue weighted by Gasteiger charge is -2.15. The van der Waals surface area contributed by atoms with E-state index in [1.165, 1.54) is 36.9 Å². The van der Waals surface area contributed by atoms with E-state index in [1.54, 1.807) is 0 Å². The maximum Gasteiger partial charge on any atom is 0.251 e. The van der Waals surface area contributed by atoms with Gasteiger partial charge < -0.3 is 5.32 Å². The number of sulfonamides is 1. The van der Waals surface area contributed by atoms with E-state index in [0.29, 0.717) is 5.56 Å². The van der Waals surface area contributed by atoms with E-state index < -0.39 is 10.0 Å². The van der Waals surface area contributed by atoms with Crippen LogP contribution in [0.25, 0.3) is 0 Å². The van der Waals surface area contributed by atoms with Gasteiger partial charge in [0.05, 0.1) is 10.9 Å². The molecular formula is C18H22N2O3S. The molecule has 2 aromatic carbocycles. The second-order valence-electron chi connectivity index (χ2n) is 5.52. The maximum absolute atomic E-state index is 12.3. The first-order valence-corrected chi connectivity index (χ1v) is 9.29. The number of aryl methyl sites for hydroxylation is 1. The van der Waals surface area contributed by atoms with Gasteiger partial charge >= 0.3 is 0 Å². The topological polar surface area (TPSA) is 75.3 Å². The summed E-state index contributed by atoms with van der Waals surface area (Å²) in [5.74, 6) is -0.240. The van der Waals surface area contributed by atoms with Gasteiger partial charge in [0.1, 0.15) is 0 Å². The molecule has 1 amide bonds. The zero-order chi connectivity index (χ0) is 17.7. The summed E-state index contributed by atoms with van der Waals surface area (Å²) in [6, 6.07) is 13.8. The molecule has 0 saturated carbocycles. The van der Waals surface area contributed by atoms with Crippen LogP contribution >= 0.6 is 0 Å². The van der Waals surface area contributed by atoms with E-state index in [-0.39, 0.29) is 16.8 Å². The van der Waals surface area contributed by atoms with Crippen LogP contribution in [0.4, 0.5) is 0 Å². The van der Waals surface area contributed by atoms with Crippen LogP contribution in [0.15, 0.2) is 53.4 Å². The quantitative estimate of drug-likeness (QED) is 0.844. The summed E-state index contributed by atoms with van der Waals surface area (Å²) in [6.45, 7) is 4.01. The van der Waals surface area contributed by atoms with Crippen molar-refractivity contribution in [2.45, 2.75) is 31.2 Å². The van der Waals surface area contributed by atoms with Gasteiger partial charge in [0.2, 0.25) is 10.0 Å². The van der Waals surface area contributed by atoms with E-state index in [1.807, 2.05) is 19.1 Å². The Morgan fingerprint density at radius 1 is 1.04 bits per heavy atom. The molecule has 0 radical (unpaired) electrons. The van der Waals surface area contributed by atoms with Gasteiger partial charge in [-0.15, -0.1) is 0 Å². The average molecular weight is 346 g/mol. The van der Waals surface area contributed by atoms with Gasteiger partial charge in [-0.05, 0) is 55.8 Å². The third-order valence-electron chi connectivity index (χ3n) is 3.93. The Kier molecular flexibility index (Phi) is 5.75. The molecule has 0 heterocycles. The number of nitrogens with one attached hydrogen (secondary N) is 2. The lowest BCUT2D eigenvalue weighted by atomic mass is 10.0. The van der Waals surface area contributed by atoms with Crippen molar-refractivity contribution in [3.8, 4) is 0 Å². The highest BCUT2D eigenvalue weighted by Gasteiger charge is 2.14. The zero-order valence-electron chi connectivity index (χ0n) is 14.0. The third-order valence-corrected chi connectivity index (χ3v) is 5.36. The highest BCUT2D eigenvalue weighted by atomic mass is 32.2. The normalized spacial score (nSPS) is 12.6. The van der Waals surface area contributed by atoms with Crippen LogP contribution in [0.3, 0.4) is 0 Å². The molecule has 0 saturated heterocycles. The molecule has 6 heteroatoms. The Morgan fingerprint density at radius 2 is 1.62 bits per heavy atom. The van der Waals surface area contributed by atoms with E-state index in [9.17, 15) is 13.2 Å². The lowest BCUT2D eigenvalue weighted by Crippen LogP contribution is -2.26. The highest BCUT2D eigenvalue weighted by Crippen LogP contribution is 2.15. The molecule has 2 N–H and O–H groups in total. The number of hydrogen-bond acceptors (Lipinski definition) is 3. The molecule has 0 bridgehead atoms. The van der Waals surface area contributed by atoms with Crippen molar-refractivity contribution < 1.29 is 13.2 Å². The molecule has 1 atom stereocenters. The largest absolute Gasteiger partial charge is 0.346 e. The minimum Gasteiger partial charge on any atom is -0.346 e. The summed E-state index contributed by atoms with van der Waals surface area (Å²) in [4.78, 5) is 12.4. The molecule has 0 aliphatic rings. The Hall–Kier alpha value is -2.18. The van der Waals surface area contributed by atoms with Gasteiger partial charge in [-0.3, -0.25) is 4.79 Å². The fourth-order valence-corrected chi connectivity index (χ4v) is 3.04. The molecule has 24 heavy (non-hydrogen) atoms. The van der Waals surface area contributed by atoms with Gasteiger partial charge in [0.15, 0.2) is 0 Å². The standard InChI is InChI=1S/C18H22N2O3S/c1-4-14-5-7-15(8-6-14)13(2)20-18(21)16-9-11-17(12-10-16)24(22,23)19-3/h5-13,19H,4H2,1-3H3,(H,20,21)/t13-/m0/s1. The molecule has 5 nitrogen and oxygen atoms in total. The maximum atomic E-state index is 12.3. The third kappa shape index (κ3) is 4.21. The van der Waals surface area contributed by atoms with Crippen LogP contribution in [0, 0.1) is 0 Å². The molecule has 2 aromatic rings. The predicted octanol–water partition coefficient (Wildman–Crippen LogP) is 2.65. The SMILES string of the molecule is CCc1ccc([C@H](C)NC(=O)c2ccc(S(=O)(=O)NC)cc2)cc1. The molecule has 0 aromatic heterocycles.